The first-order valence-electron chi connectivity index (χ1n) is 5.04. The van der Waals surface area contributed by atoms with E-state index in [1.165, 1.54) is 0 Å². The van der Waals surface area contributed by atoms with Crippen LogP contribution in [-0.4, -0.2) is 42.4 Å². The molecular formula is C10H15BrN2O3. The van der Waals surface area contributed by atoms with Gasteiger partial charge in [0.15, 0.2) is 0 Å². The van der Waals surface area contributed by atoms with Crippen molar-refractivity contribution < 1.29 is 14.6 Å². The minimum atomic E-state index is -0.132. The summed E-state index contributed by atoms with van der Waals surface area (Å²) in [6.45, 7) is 1.47. The van der Waals surface area contributed by atoms with Gasteiger partial charge in [0.05, 0.1) is 13.2 Å². The van der Waals surface area contributed by atoms with Crippen molar-refractivity contribution in [1.29, 1.82) is 0 Å². The minimum absolute atomic E-state index is 0.0306. The van der Waals surface area contributed by atoms with Gasteiger partial charge in [0.2, 0.25) is 0 Å². The highest BCUT2D eigenvalue weighted by molar-refractivity contribution is 9.10. The van der Waals surface area contributed by atoms with Crippen molar-refractivity contribution in [2.45, 2.75) is 6.42 Å². The predicted octanol–water partition coefficient (Wildman–Crippen LogP) is 0.906. The molecule has 1 aromatic rings. The van der Waals surface area contributed by atoms with E-state index in [0.717, 1.165) is 10.9 Å². The molecule has 5 nitrogen and oxygen atoms in total. The predicted molar refractivity (Wildman–Crippen MR) is 63.3 cm³/mol. The number of halogens is 1. The van der Waals surface area contributed by atoms with Crippen LogP contribution in [-0.2, 0) is 4.74 Å². The van der Waals surface area contributed by atoms with Crippen molar-refractivity contribution in [1.82, 2.24) is 10.3 Å². The molecule has 90 valence electrons. The third kappa shape index (κ3) is 4.78. The summed E-state index contributed by atoms with van der Waals surface area (Å²) in [5.74, 6) is -0.132. The van der Waals surface area contributed by atoms with Gasteiger partial charge in [0.25, 0.3) is 5.91 Å². The van der Waals surface area contributed by atoms with Crippen molar-refractivity contribution in [2.24, 2.45) is 0 Å². The maximum atomic E-state index is 11.5. The smallest absolute Gasteiger partial charge is 0.267 e. The molecule has 6 heteroatoms. The van der Waals surface area contributed by atoms with Crippen LogP contribution in [0.5, 0.6) is 0 Å². The number of hydrogen-bond donors (Lipinski definition) is 3. The minimum Gasteiger partial charge on any atom is -0.394 e. The average Bonchev–Trinajstić information content (AvgIpc) is 2.70. The summed E-state index contributed by atoms with van der Waals surface area (Å²) in [5.41, 5.74) is 0.531. The number of H-pyrrole nitrogens is 1. The van der Waals surface area contributed by atoms with Gasteiger partial charge in [-0.25, -0.2) is 0 Å². The van der Waals surface area contributed by atoms with Crippen molar-refractivity contribution in [3.63, 3.8) is 0 Å². The number of aliphatic hydroxyl groups excluding tert-OH is 1. The molecule has 0 aliphatic carbocycles. The molecule has 1 heterocycles. The first kappa shape index (κ1) is 13.2. The Kier molecular flexibility index (Phi) is 6.14. The Morgan fingerprint density at radius 3 is 3.00 bits per heavy atom. The standard InChI is InChI=1S/C10H15BrN2O3/c11-8-6-9(13-7-8)10(15)12-2-1-4-16-5-3-14/h6-7,13-14H,1-5H2,(H,12,15). The number of hydrogen-bond acceptors (Lipinski definition) is 3. The zero-order valence-corrected chi connectivity index (χ0v) is 10.4. The Hall–Kier alpha value is -0.850. The van der Waals surface area contributed by atoms with Gasteiger partial charge in [-0.1, -0.05) is 0 Å². The van der Waals surface area contributed by atoms with E-state index >= 15 is 0 Å². The zero-order valence-electron chi connectivity index (χ0n) is 8.83. The van der Waals surface area contributed by atoms with Gasteiger partial charge in [-0.2, -0.15) is 0 Å². The Morgan fingerprint density at radius 1 is 1.56 bits per heavy atom. The molecule has 16 heavy (non-hydrogen) atoms. The molecule has 0 radical (unpaired) electrons. The largest absolute Gasteiger partial charge is 0.394 e. The van der Waals surface area contributed by atoms with Crippen molar-refractivity contribution in [2.75, 3.05) is 26.4 Å². The molecule has 3 N–H and O–H groups in total. The van der Waals surface area contributed by atoms with Crippen molar-refractivity contribution >= 4 is 21.8 Å². The van der Waals surface area contributed by atoms with E-state index in [-0.39, 0.29) is 12.5 Å². The Labute approximate surface area is 102 Å². The maximum Gasteiger partial charge on any atom is 0.267 e. The summed E-state index contributed by atoms with van der Waals surface area (Å²) >= 11 is 3.26. The summed E-state index contributed by atoms with van der Waals surface area (Å²) in [6.07, 6.45) is 2.44. The van der Waals surface area contributed by atoms with E-state index in [1.54, 1.807) is 12.3 Å². The van der Waals surface area contributed by atoms with Gasteiger partial charge in [-0.15, -0.1) is 0 Å². The molecule has 1 aromatic heterocycles. The van der Waals surface area contributed by atoms with Gasteiger partial charge >= 0.3 is 0 Å². The van der Waals surface area contributed by atoms with Crippen LogP contribution in [0.3, 0.4) is 0 Å². The Morgan fingerprint density at radius 2 is 2.38 bits per heavy atom. The summed E-state index contributed by atoms with van der Waals surface area (Å²) in [4.78, 5) is 14.3. The number of amides is 1. The Balaban J connectivity index is 2.11. The van der Waals surface area contributed by atoms with Gasteiger partial charge < -0.3 is 20.1 Å². The highest BCUT2D eigenvalue weighted by Gasteiger charge is 2.06. The highest BCUT2D eigenvalue weighted by Crippen LogP contribution is 2.10. The number of aliphatic hydroxyl groups is 1. The number of aromatic amines is 1. The molecule has 0 fully saturated rings. The summed E-state index contributed by atoms with van der Waals surface area (Å²) in [5, 5.41) is 11.2. The first-order chi connectivity index (χ1) is 7.74. The van der Waals surface area contributed by atoms with Crippen LogP contribution < -0.4 is 5.32 Å². The third-order valence-corrected chi connectivity index (χ3v) is 2.34. The molecule has 1 amide bonds. The fourth-order valence-corrected chi connectivity index (χ4v) is 1.48. The monoisotopic (exact) mass is 290 g/mol. The van der Waals surface area contributed by atoms with Crippen molar-refractivity contribution in [3.05, 3.63) is 22.4 Å². The van der Waals surface area contributed by atoms with E-state index in [4.69, 9.17) is 9.84 Å². The van der Waals surface area contributed by atoms with Gasteiger partial charge in [-0.05, 0) is 28.4 Å². The molecule has 0 bridgehead atoms. The van der Waals surface area contributed by atoms with Crippen LogP contribution in [0, 0.1) is 0 Å². The molecule has 0 aromatic carbocycles. The molecule has 0 atom stereocenters. The normalized spacial score (nSPS) is 10.4. The first-order valence-corrected chi connectivity index (χ1v) is 5.84. The number of aromatic nitrogens is 1. The number of carbonyl (C=O) groups is 1. The lowest BCUT2D eigenvalue weighted by Crippen LogP contribution is -2.25. The van der Waals surface area contributed by atoms with Crippen LogP contribution in [0.25, 0.3) is 0 Å². The molecule has 0 spiro atoms. The van der Waals surface area contributed by atoms with E-state index in [1.807, 2.05) is 0 Å². The van der Waals surface area contributed by atoms with Crippen molar-refractivity contribution in [3.8, 4) is 0 Å². The number of ether oxygens (including phenoxy) is 1. The zero-order chi connectivity index (χ0) is 11.8. The fourth-order valence-electron chi connectivity index (χ4n) is 1.14. The second-order valence-corrected chi connectivity index (χ2v) is 4.09. The lowest BCUT2D eigenvalue weighted by atomic mass is 10.4. The molecule has 0 saturated heterocycles. The van der Waals surface area contributed by atoms with E-state index in [0.29, 0.717) is 25.5 Å². The molecule has 1 rings (SSSR count). The van der Waals surface area contributed by atoms with Crippen LogP contribution >= 0.6 is 15.9 Å². The van der Waals surface area contributed by atoms with E-state index < -0.39 is 0 Å². The number of nitrogens with one attached hydrogen (secondary N) is 2. The number of carbonyl (C=O) groups excluding carboxylic acids is 1. The fraction of sp³-hybridized carbons (Fsp3) is 0.500. The summed E-state index contributed by atoms with van der Waals surface area (Å²) < 4.78 is 5.91. The van der Waals surface area contributed by atoms with E-state index in [9.17, 15) is 4.79 Å². The lowest BCUT2D eigenvalue weighted by molar-refractivity contribution is 0.0866. The van der Waals surface area contributed by atoms with Gasteiger partial charge in [0.1, 0.15) is 5.69 Å². The summed E-state index contributed by atoms with van der Waals surface area (Å²) in [6, 6.07) is 1.72. The topological polar surface area (TPSA) is 74.3 Å². The maximum absolute atomic E-state index is 11.5. The van der Waals surface area contributed by atoms with Crippen LogP contribution in [0.2, 0.25) is 0 Å². The second-order valence-electron chi connectivity index (χ2n) is 3.18. The number of rotatable bonds is 7. The molecule has 0 aliphatic heterocycles. The second kappa shape index (κ2) is 7.43. The van der Waals surface area contributed by atoms with Crippen LogP contribution in [0.15, 0.2) is 16.7 Å². The van der Waals surface area contributed by atoms with Gasteiger partial charge in [-0.3, -0.25) is 4.79 Å². The molecule has 0 saturated carbocycles. The van der Waals surface area contributed by atoms with Crippen LogP contribution in [0.4, 0.5) is 0 Å². The summed E-state index contributed by atoms with van der Waals surface area (Å²) in [7, 11) is 0. The van der Waals surface area contributed by atoms with E-state index in [2.05, 4.69) is 26.2 Å². The average molecular weight is 291 g/mol. The quantitative estimate of drug-likeness (QED) is 0.654. The van der Waals surface area contributed by atoms with Gasteiger partial charge in [0, 0.05) is 23.8 Å². The van der Waals surface area contributed by atoms with Crippen LogP contribution in [0.1, 0.15) is 16.9 Å². The molecule has 0 aliphatic rings. The highest BCUT2D eigenvalue weighted by atomic mass is 79.9. The third-order valence-electron chi connectivity index (χ3n) is 1.88. The molecular weight excluding hydrogens is 276 g/mol. The lowest BCUT2D eigenvalue weighted by Gasteiger charge is -2.04. The SMILES string of the molecule is O=C(NCCCOCCO)c1cc(Br)c[nH]1. The molecule has 0 unspecified atom stereocenters. The Bertz CT molecular complexity index is 328.